The lowest BCUT2D eigenvalue weighted by atomic mass is 10.3. The van der Waals surface area contributed by atoms with E-state index in [1.807, 2.05) is 5.32 Å². The summed E-state index contributed by atoms with van der Waals surface area (Å²) in [5.41, 5.74) is 0.123. The standard InChI is InChI=1S/C9H8ClF3N2O2/c1-17-7-3-2-5(4-6(7)10)14-8(16)15-9(11,12)13/h2-4H,1H3,(H2,14,15,16). The van der Waals surface area contributed by atoms with E-state index in [4.69, 9.17) is 16.3 Å². The number of ether oxygens (including phenoxy) is 1. The van der Waals surface area contributed by atoms with Gasteiger partial charge >= 0.3 is 12.3 Å². The normalized spacial score (nSPS) is 10.9. The Morgan fingerprint density at radius 2 is 2.06 bits per heavy atom. The van der Waals surface area contributed by atoms with Crippen molar-refractivity contribution < 1.29 is 22.7 Å². The summed E-state index contributed by atoms with van der Waals surface area (Å²) in [7, 11) is 1.39. The maximum atomic E-state index is 11.8. The topological polar surface area (TPSA) is 50.4 Å². The van der Waals surface area contributed by atoms with Gasteiger partial charge in [0.05, 0.1) is 12.1 Å². The molecular weight excluding hydrogens is 261 g/mol. The van der Waals surface area contributed by atoms with Crippen molar-refractivity contribution in [2.75, 3.05) is 12.4 Å². The predicted octanol–water partition coefficient (Wildman–Crippen LogP) is 2.99. The summed E-state index contributed by atoms with van der Waals surface area (Å²) in [5.74, 6) is 0.355. The Morgan fingerprint density at radius 1 is 1.41 bits per heavy atom. The fourth-order valence-corrected chi connectivity index (χ4v) is 1.29. The highest BCUT2D eigenvalue weighted by Gasteiger charge is 2.30. The average Bonchev–Trinajstić information content (AvgIpc) is 2.14. The van der Waals surface area contributed by atoms with Gasteiger partial charge in [0.25, 0.3) is 0 Å². The van der Waals surface area contributed by atoms with Crippen molar-refractivity contribution in [2.24, 2.45) is 0 Å². The number of alkyl halides is 3. The second-order valence-electron chi connectivity index (χ2n) is 2.93. The Morgan fingerprint density at radius 3 is 2.53 bits per heavy atom. The first-order valence-electron chi connectivity index (χ1n) is 4.31. The molecule has 0 aliphatic carbocycles. The van der Waals surface area contributed by atoms with Gasteiger partial charge in [-0.2, -0.15) is 13.2 Å². The highest BCUT2D eigenvalue weighted by Crippen LogP contribution is 2.27. The fourth-order valence-electron chi connectivity index (χ4n) is 1.04. The molecule has 0 saturated carbocycles. The van der Waals surface area contributed by atoms with Crippen molar-refractivity contribution in [1.29, 1.82) is 0 Å². The molecule has 8 heteroatoms. The van der Waals surface area contributed by atoms with Crippen LogP contribution < -0.4 is 15.4 Å². The molecule has 4 nitrogen and oxygen atoms in total. The number of anilines is 1. The Kier molecular flexibility index (Phi) is 4.06. The van der Waals surface area contributed by atoms with Crippen molar-refractivity contribution in [1.82, 2.24) is 5.32 Å². The molecule has 0 radical (unpaired) electrons. The van der Waals surface area contributed by atoms with Gasteiger partial charge in [0.2, 0.25) is 0 Å². The second-order valence-corrected chi connectivity index (χ2v) is 3.33. The third-order valence-electron chi connectivity index (χ3n) is 1.66. The van der Waals surface area contributed by atoms with E-state index >= 15 is 0 Å². The van der Waals surface area contributed by atoms with Gasteiger partial charge < -0.3 is 10.1 Å². The molecular formula is C9H8ClF3N2O2. The fraction of sp³-hybridized carbons (Fsp3) is 0.222. The summed E-state index contributed by atoms with van der Waals surface area (Å²) in [4.78, 5) is 10.9. The van der Waals surface area contributed by atoms with Crippen molar-refractivity contribution in [3.8, 4) is 5.75 Å². The monoisotopic (exact) mass is 268 g/mol. The lowest BCUT2D eigenvalue weighted by Crippen LogP contribution is -2.40. The molecule has 0 aliphatic heterocycles. The molecule has 1 rings (SSSR count). The SMILES string of the molecule is COc1ccc(NC(=O)NC(F)(F)F)cc1Cl. The summed E-state index contributed by atoms with van der Waals surface area (Å²) >= 11 is 5.73. The smallest absolute Gasteiger partial charge is 0.485 e. The molecule has 0 fully saturated rings. The Balaban J connectivity index is 2.69. The van der Waals surface area contributed by atoms with Crippen molar-refractivity contribution in [2.45, 2.75) is 6.30 Å². The lowest BCUT2D eigenvalue weighted by molar-refractivity contribution is -0.144. The van der Waals surface area contributed by atoms with Gasteiger partial charge in [-0.05, 0) is 18.2 Å². The zero-order chi connectivity index (χ0) is 13.1. The molecule has 2 amide bonds. The van der Waals surface area contributed by atoms with E-state index in [2.05, 4.69) is 0 Å². The summed E-state index contributed by atoms with van der Waals surface area (Å²) in [5, 5.41) is 2.95. The van der Waals surface area contributed by atoms with E-state index in [1.165, 1.54) is 25.3 Å². The van der Waals surface area contributed by atoms with E-state index in [0.29, 0.717) is 5.75 Å². The van der Waals surface area contributed by atoms with Crippen LogP contribution >= 0.6 is 11.6 Å². The highest BCUT2D eigenvalue weighted by atomic mass is 35.5. The van der Waals surface area contributed by atoms with E-state index in [9.17, 15) is 18.0 Å². The van der Waals surface area contributed by atoms with Crippen LogP contribution in [0, 0.1) is 0 Å². The average molecular weight is 269 g/mol. The number of amides is 2. The Hall–Kier alpha value is -1.63. The first-order valence-corrected chi connectivity index (χ1v) is 4.69. The number of methoxy groups -OCH3 is 1. The first kappa shape index (κ1) is 13.4. The minimum absolute atomic E-state index is 0.123. The van der Waals surface area contributed by atoms with Crippen LogP contribution in [0.1, 0.15) is 0 Å². The molecule has 0 heterocycles. The number of urea groups is 1. The van der Waals surface area contributed by atoms with Gasteiger partial charge in [0.1, 0.15) is 5.75 Å². The van der Waals surface area contributed by atoms with Gasteiger partial charge in [-0.15, -0.1) is 0 Å². The summed E-state index contributed by atoms with van der Waals surface area (Å²) in [6.45, 7) is 0. The van der Waals surface area contributed by atoms with E-state index < -0.39 is 12.3 Å². The molecule has 0 unspecified atom stereocenters. The minimum atomic E-state index is -4.78. The maximum Gasteiger partial charge on any atom is 0.485 e. The molecule has 0 saturated heterocycles. The number of halogens is 4. The third kappa shape index (κ3) is 4.39. The van der Waals surface area contributed by atoms with E-state index in [0.717, 1.165) is 5.32 Å². The van der Waals surface area contributed by atoms with Gasteiger partial charge in [-0.3, -0.25) is 0 Å². The molecule has 1 aromatic rings. The van der Waals surface area contributed by atoms with Crippen LogP contribution in [0.4, 0.5) is 23.7 Å². The summed E-state index contributed by atoms with van der Waals surface area (Å²) in [6, 6.07) is 2.67. The van der Waals surface area contributed by atoms with Gasteiger partial charge in [-0.25, -0.2) is 10.1 Å². The number of rotatable bonds is 2. The molecule has 2 N–H and O–H groups in total. The number of benzene rings is 1. The lowest BCUT2D eigenvalue weighted by Gasteiger charge is -2.11. The van der Waals surface area contributed by atoms with E-state index in [-0.39, 0.29) is 10.7 Å². The summed E-state index contributed by atoms with van der Waals surface area (Å²) in [6.07, 6.45) is -4.78. The van der Waals surface area contributed by atoms with Crippen LogP contribution in [0.5, 0.6) is 5.75 Å². The van der Waals surface area contributed by atoms with Crippen LogP contribution in [0.3, 0.4) is 0 Å². The van der Waals surface area contributed by atoms with Gasteiger partial charge in [0, 0.05) is 5.69 Å². The van der Waals surface area contributed by atoms with Gasteiger partial charge in [0.15, 0.2) is 0 Å². The number of hydrogen-bond donors (Lipinski definition) is 2. The number of carbonyl (C=O) groups is 1. The molecule has 17 heavy (non-hydrogen) atoms. The Bertz CT molecular complexity index is 423. The van der Waals surface area contributed by atoms with Crippen molar-refractivity contribution >= 4 is 23.3 Å². The highest BCUT2D eigenvalue weighted by molar-refractivity contribution is 6.32. The minimum Gasteiger partial charge on any atom is -0.495 e. The summed E-state index contributed by atoms with van der Waals surface area (Å²) < 4.78 is 40.2. The van der Waals surface area contributed by atoms with Crippen molar-refractivity contribution in [3.05, 3.63) is 23.2 Å². The molecule has 0 aliphatic rings. The largest absolute Gasteiger partial charge is 0.495 e. The van der Waals surface area contributed by atoms with E-state index in [1.54, 1.807) is 0 Å². The number of carbonyl (C=O) groups excluding carboxylic acids is 1. The number of hydrogen-bond acceptors (Lipinski definition) is 2. The Labute approximate surface area is 99.7 Å². The molecule has 0 bridgehead atoms. The zero-order valence-corrected chi connectivity index (χ0v) is 9.32. The van der Waals surface area contributed by atoms with Crippen LogP contribution in [0.2, 0.25) is 5.02 Å². The van der Waals surface area contributed by atoms with Crippen LogP contribution in [-0.2, 0) is 0 Å². The quantitative estimate of drug-likeness (QED) is 0.810. The third-order valence-corrected chi connectivity index (χ3v) is 1.96. The predicted molar refractivity (Wildman–Crippen MR) is 56.2 cm³/mol. The maximum absolute atomic E-state index is 11.8. The van der Waals surface area contributed by atoms with Crippen LogP contribution in [0.25, 0.3) is 0 Å². The molecule has 94 valence electrons. The van der Waals surface area contributed by atoms with Crippen LogP contribution in [-0.4, -0.2) is 19.4 Å². The molecule has 1 aromatic carbocycles. The zero-order valence-electron chi connectivity index (χ0n) is 8.56. The van der Waals surface area contributed by atoms with Crippen molar-refractivity contribution in [3.63, 3.8) is 0 Å². The molecule has 0 aromatic heterocycles. The van der Waals surface area contributed by atoms with Gasteiger partial charge in [-0.1, -0.05) is 11.6 Å². The number of nitrogens with one attached hydrogen (secondary N) is 2. The first-order chi connectivity index (χ1) is 7.81. The second kappa shape index (κ2) is 5.13. The molecule has 0 spiro atoms. The molecule has 0 atom stereocenters. The van der Waals surface area contributed by atoms with Crippen LogP contribution in [0.15, 0.2) is 18.2 Å².